The highest BCUT2D eigenvalue weighted by Gasteiger charge is 2.59. The van der Waals surface area contributed by atoms with Gasteiger partial charge < -0.3 is 4.74 Å². The van der Waals surface area contributed by atoms with Crippen LogP contribution in [0.4, 0.5) is 0 Å². The van der Waals surface area contributed by atoms with Crippen LogP contribution in [0.3, 0.4) is 0 Å². The topological polar surface area (TPSA) is 26.3 Å². The molecule has 2 rings (SSSR count). The number of carbonyl (C=O) groups excluding carboxylic acids is 1. The number of hydrogen-bond acceptors (Lipinski definition) is 2. The number of rotatable bonds is 2. The Labute approximate surface area is 83.9 Å². The number of esters is 1. The number of carbonyl (C=O) groups is 1. The predicted molar refractivity (Wildman–Crippen MR) is 53.9 cm³/mol. The smallest absolute Gasteiger partial charge is 0.316 e. The molecule has 2 unspecified atom stereocenters. The van der Waals surface area contributed by atoms with E-state index in [4.69, 9.17) is 4.74 Å². The third-order valence-corrected chi connectivity index (χ3v) is 3.15. The zero-order valence-electron chi connectivity index (χ0n) is 8.49. The van der Waals surface area contributed by atoms with Gasteiger partial charge in [0.15, 0.2) is 0 Å². The molecule has 0 spiro atoms. The summed E-state index contributed by atoms with van der Waals surface area (Å²) in [4.78, 5) is 11.7. The van der Waals surface area contributed by atoms with Crippen molar-refractivity contribution in [3.8, 4) is 0 Å². The Bertz CT molecular complexity index is 345. The molecule has 0 aliphatic heterocycles. The fourth-order valence-corrected chi connectivity index (χ4v) is 2.15. The predicted octanol–water partition coefficient (Wildman–Crippen LogP) is 2.14. The zero-order chi connectivity index (χ0) is 10.2. The molecular formula is C12H14O2. The Balaban J connectivity index is 2.36. The summed E-state index contributed by atoms with van der Waals surface area (Å²) in [5, 5.41) is 0. The standard InChI is InChI=1S/C12H14O2/c1-9-8-12(9,11(13)14-2)10-6-4-3-5-7-10/h3-7,9H,8H2,1-2H3. The van der Waals surface area contributed by atoms with Gasteiger partial charge in [0.25, 0.3) is 0 Å². The minimum Gasteiger partial charge on any atom is -0.468 e. The van der Waals surface area contributed by atoms with Gasteiger partial charge in [-0.25, -0.2) is 0 Å². The van der Waals surface area contributed by atoms with Crippen molar-refractivity contribution in [1.82, 2.24) is 0 Å². The molecule has 0 N–H and O–H groups in total. The first-order valence-electron chi connectivity index (χ1n) is 4.86. The molecule has 1 saturated carbocycles. The maximum Gasteiger partial charge on any atom is 0.316 e. The van der Waals surface area contributed by atoms with Crippen LogP contribution >= 0.6 is 0 Å². The van der Waals surface area contributed by atoms with Crippen molar-refractivity contribution in [1.29, 1.82) is 0 Å². The highest BCUT2D eigenvalue weighted by molar-refractivity contribution is 5.87. The zero-order valence-corrected chi connectivity index (χ0v) is 8.49. The molecular weight excluding hydrogens is 176 g/mol. The fourth-order valence-electron chi connectivity index (χ4n) is 2.15. The minimum absolute atomic E-state index is 0.101. The molecule has 0 aromatic heterocycles. The molecule has 0 saturated heterocycles. The fraction of sp³-hybridized carbons (Fsp3) is 0.417. The highest BCUT2D eigenvalue weighted by Crippen LogP contribution is 2.54. The van der Waals surface area contributed by atoms with Crippen molar-refractivity contribution >= 4 is 5.97 Å². The van der Waals surface area contributed by atoms with Crippen LogP contribution in [0.25, 0.3) is 0 Å². The largest absolute Gasteiger partial charge is 0.468 e. The van der Waals surface area contributed by atoms with E-state index in [0.29, 0.717) is 5.92 Å². The van der Waals surface area contributed by atoms with Gasteiger partial charge in [-0.1, -0.05) is 37.3 Å². The van der Waals surface area contributed by atoms with E-state index < -0.39 is 0 Å². The van der Waals surface area contributed by atoms with Crippen molar-refractivity contribution in [2.24, 2.45) is 5.92 Å². The van der Waals surface area contributed by atoms with Gasteiger partial charge in [-0.2, -0.15) is 0 Å². The van der Waals surface area contributed by atoms with Gasteiger partial charge in [0.2, 0.25) is 0 Å². The van der Waals surface area contributed by atoms with Gasteiger partial charge in [-0.15, -0.1) is 0 Å². The molecule has 1 fully saturated rings. The molecule has 0 bridgehead atoms. The van der Waals surface area contributed by atoms with E-state index in [1.807, 2.05) is 30.3 Å². The van der Waals surface area contributed by atoms with Crippen LogP contribution in [0, 0.1) is 5.92 Å². The van der Waals surface area contributed by atoms with Crippen LogP contribution in [-0.4, -0.2) is 13.1 Å². The summed E-state index contributed by atoms with van der Waals surface area (Å²) in [6, 6.07) is 9.89. The van der Waals surface area contributed by atoms with E-state index in [1.165, 1.54) is 7.11 Å². The summed E-state index contributed by atoms with van der Waals surface area (Å²) in [6.07, 6.45) is 0.906. The van der Waals surface area contributed by atoms with Gasteiger partial charge in [-0.3, -0.25) is 4.79 Å². The lowest BCUT2D eigenvalue weighted by molar-refractivity contribution is -0.144. The van der Waals surface area contributed by atoms with Crippen molar-refractivity contribution in [2.75, 3.05) is 7.11 Å². The summed E-state index contributed by atoms with van der Waals surface area (Å²) >= 11 is 0. The van der Waals surface area contributed by atoms with Crippen molar-refractivity contribution in [3.63, 3.8) is 0 Å². The van der Waals surface area contributed by atoms with Gasteiger partial charge in [0.1, 0.15) is 0 Å². The second kappa shape index (κ2) is 3.12. The van der Waals surface area contributed by atoms with Crippen LogP contribution in [0.5, 0.6) is 0 Å². The second-order valence-electron chi connectivity index (χ2n) is 3.93. The van der Waals surface area contributed by atoms with E-state index in [9.17, 15) is 4.79 Å². The van der Waals surface area contributed by atoms with E-state index in [2.05, 4.69) is 6.92 Å². The number of hydrogen-bond donors (Lipinski definition) is 0. The summed E-state index contributed by atoms with van der Waals surface area (Å²) in [5.74, 6) is 0.300. The monoisotopic (exact) mass is 190 g/mol. The highest BCUT2D eigenvalue weighted by atomic mass is 16.5. The van der Waals surface area contributed by atoms with Gasteiger partial charge in [0.05, 0.1) is 12.5 Å². The Kier molecular flexibility index (Phi) is 2.06. The first-order valence-corrected chi connectivity index (χ1v) is 4.86. The molecule has 1 aliphatic carbocycles. The Hall–Kier alpha value is -1.31. The maximum absolute atomic E-state index is 11.7. The van der Waals surface area contributed by atoms with E-state index in [1.54, 1.807) is 0 Å². The summed E-state index contributed by atoms with van der Waals surface area (Å²) in [6.45, 7) is 2.09. The van der Waals surface area contributed by atoms with E-state index in [-0.39, 0.29) is 11.4 Å². The lowest BCUT2D eigenvalue weighted by Gasteiger charge is -2.13. The first kappa shape index (κ1) is 9.25. The molecule has 2 nitrogen and oxygen atoms in total. The lowest BCUT2D eigenvalue weighted by atomic mass is 9.94. The number of ether oxygens (including phenoxy) is 1. The average molecular weight is 190 g/mol. The SMILES string of the molecule is COC(=O)C1(c2ccccc2)CC1C. The van der Waals surface area contributed by atoms with Crippen LogP contribution < -0.4 is 0 Å². The van der Waals surface area contributed by atoms with Gasteiger partial charge in [0, 0.05) is 0 Å². The molecule has 0 radical (unpaired) electrons. The third-order valence-electron chi connectivity index (χ3n) is 3.15. The molecule has 2 atom stereocenters. The molecule has 0 heterocycles. The lowest BCUT2D eigenvalue weighted by Crippen LogP contribution is -2.23. The van der Waals surface area contributed by atoms with Crippen LogP contribution in [0.2, 0.25) is 0 Å². The normalized spacial score (nSPS) is 29.7. The summed E-state index contributed by atoms with van der Waals surface area (Å²) in [5.41, 5.74) is 0.732. The molecule has 14 heavy (non-hydrogen) atoms. The average Bonchev–Trinajstić information content (AvgIpc) is 2.92. The first-order chi connectivity index (χ1) is 6.71. The Morgan fingerprint density at radius 3 is 2.43 bits per heavy atom. The Morgan fingerprint density at radius 1 is 1.43 bits per heavy atom. The van der Waals surface area contributed by atoms with Crippen molar-refractivity contribution in [3.05, 3.63) is 35.9 Å². The Morgan fingerprint density at radius 2 is 2.00 bits per heavy atom. The van der Waals surface area contributed by atoms with Crippen molar-refractivity contribution in [2.45, 2.75) is 18.8 Å². The second-order valence-corrected chi connectivity index (χ2v) is 3.93. The number of methoxy groups -OCH3 is 1. The molecule has 0 amide bonds. The quantitative estimate of drug-likeness (QED) is 0.668. The molecule has 2 heteroatoms. The summed E-state index contributed by atoms with van der Waals surface area (Å²) in [7, 11) is 1.46. The van der Waals surface area contributed by atoms with Crippen LogP contribution in [0.1, 0.15) is 18.9 Å². The van der Waals surface area contributed by atoms with Gasteiger partial charge >= 0.3 is 5.97 Å². The maximum atomic E-state index is 11.7. The van der Waals surface area contributed by atoms with E-state index >= 15 is 0 Å². The summed E-state index contributed by atoms with van der Waals surface area (Å²) < 4.78 is 4.86. The number of benzene rings is 1. The van der Waals surface area contributed by atoms with Crippen molar-refractivity contribution < 1.29 is 9.53 Å². The molecule has 1 aromatic carbocycles. The molecule has 1 aromatic rings. The van der Waals surface area contributed by atoms with E-state index in [0.717, 1.165) is 12.0 Å². The third kappa shape index (κ3) is 1.14. The van der Waals surface area contributed by atoms with Crippen LogP contribution in [-0.2, 0) is 14.9 Å². The molecule has 74 valence electrons. The van der Waals surface area contributed by atoms with Crippen LogP contribution in [0.15, 0.2) is 30.3 Å². The van der Waals surface area contributed by atoms with Gasteiger partial charge in [-0.05, 0) is 17.9 Å². The molecule has 1 aliphatic rings. The minimum atomic E-state index is -0.351.